The van der Waals surface area contributed by atoms with Crippen molar-refractivity contribution < 1.29 is 21.9 Å². The van der Waals surface area contributed by atoms with Gasteiger partial charge in [0.15, 0.2) is 0 Å². The first kappa shape index (κ1) is 22.1. The van der Waals surface area contributed by atoms with Crippen LogP contribution in [0.15, 0.2) is 29.2 Å². The van der Waals surface area contributed by atoms with Gasteiger partial charge in [0.1, 0.15) is 0 Å². The monoisotopic (exact) mass is 420 g/mol. The number of sulfonamides is 1. The molecule has 1 aliphatic rings. The molecule has 0 radical (unpaired) electrons. The van der Waals surface area contributed by atoms with E-state index in [1.807, 2.05) is 19.0 Å². The third-order valence-electron chi connectivity index (χ3n) is 4.48. The Morgan fingerprint density at radius 3 is 2.00 bits per heavy atom. The van der Waals surface area contributed by atoms with Crippen LogP contribution in [0.1, 0.15) is 12.8 Å². The zero-order valence-corrected chi connectivity index (χ0v) is 17.7. The average molecular weight is 421 g/mol. The standard InChI is InChI=1S/C16H28N4O5S2/c1-18(2)13-16(21)9-11-20(12-10-16)26(22,23)15-7-5-14(6-8-15)17-27(24,25)19(3)4/h5-8,17,21H,9-13H2,1-4H3. The largest absolute Gasteiger partial charge is 0.388 e. The topological polar surface area (TPSA) is 110 Å². The van der Waals surface area contributed by atoms with Crippen LogP contribution in [0.3, 0.4) is 0 Å². The normalized spacial score (nSPS) is 18.8. The summed E-state index contributed by atoms with van der Waals surface area (Å²) >= 11 is 0. The highest BCUT2D eigenvalue weighted by Gasteiger charge is 2.37. The van der Waals surface area contributed by atoms with Crippen LogP contribution >= 0.6 is 0 Å². The molecule has 2 N–H and O–H groups in total. The van der Waals surface area contributed by atoms with Gasteiger partial charge in [0, 0.05) is 39.4 Å². The van der Waals surface area contributed by atoms with Crippen LogP contribution in [0.5, 0.6) is 0 Å². The van der Waals surface area contributed by atoms with Gasteiger partial charge in [0.25, 0.3) is 0 Å². The Balaban J connectivity index is 2.10. The maximum atomic E-state index is 12.8. The number of nitrogens with zero attached hydrogens (tertiary/aromatic N) is 3. The number of rotatable bonds is 7. The highest BCUT2D eigenvalue weighted by atomic mass is 32.2. The van der Waals surface area contributed by atoms with E-state index in [-0.39, 0.29) is 23.7 Å². The van der Waals surface area contributed by atoms with Crippen LogP contribution in [0.25, 0.3) is 0 Å². The maximum absolute atomic E-state index is 12.8. The molecule has 1 fully saturated rings. The van der Waals surface area contributed by atoms with Gasteiger partial charge in [0.2, 0.25) is 10.0 Å². The third-order valence-corrected chi connectivity index (χ3v) is 7.85. The molecule has 154 valence electrons. The number of nitrogens with one attached hydrogen (secondary N) is 1. The third kappa shape index (κ3) is 5.39. The predicted octanol–water partition coefficient (Wildman–Crippen LogP) is -0.0179. The van der Waals surface area contributed by atoms with E-state index >= 15 is 0 Å². The summed E-state index contributed by atoms with van der Waals surface area (Å²) in [5, 5.41) is 10.6. The molecule has 0 aromatic heterocycles. The Bertz CT molecular complexity index is 843. The van der Waals surface area contributed by atoms with Gasteiger partial charge in [0.05, 0.1) is 10.5 Å². The molecule has 0 atom stereocenters. The fourth-order valence-corrected chi connectivity index (χ4v) is 5.03. The summed E-state index contributed by atoms with van der Waals surface area (Å²) in [6, 6.07) is 5.59. The molecule has 9 nitrogen and oxygen atoms in total. The number of aliphatic hydroxyl groups is 1. The second kappa shape index (κ2) is 8.02. The summed E-state index contributed by atoms with van der Waals surface area (Å²) in [7, 11) is -0.816. The van der Waals surface area contributed by atoms with Crippen LogP contribution < -0.4 is 4.72 Å². The number of hydrogen-bond donors (Lipinski definition) is 2. The van der Waals surface area contributed by atoms with Crippen molar-refractivity contribution in [2.45, 2.75) is 23.3 Å². The van der Waals surface area contributed by atoms with Crippen molar-refractivity contribution in [3.05, 3.63) is 24.3 Å². The summed E-state index contributed by atoms with van der Waals surface area (Å²) in [5.74, 6) is 0. The average Bonchev–Trinajstić information content (AvgIpc) is 2.54. The Morgan fingerprint density at radius 1 is 1.04 bits per heavy atom. The number of anilines is 1. The van der Waals surface area contributed by atoms with E-state index in [1.165, 1.54) is 42.7 Å². The summed E-state index contributed by atoms with van der Waals surface area (Å²) in [6.45, 7) is 0.963. The highest BCUT2D eigenvalue weighted by molar-refractivity contribution is 7.90. The van der Waals surface area contributed by atoms with E-state index in [9.17, 15) is 21.9 Å². The lowest BCUT2D eigenvalue weighted by Crippen LogP contribution is -2.50. The van der Waals surface area contributed by atoms with Crippen molar-refractivity contribution in [2.24, 2.45) is 0 Å². The Kier molecular flexibility index (Phi) is 6.55. The Labute approximate surface area is 161 Å². The van der Waals surface area contributed by atoms with Gasteiger partial charge in [-0.3, -0.25) is 4.72 Å². The van der Waals surface area contributed by atoms with E-state index in [0.717, 1.165) is 4.31 Å². The SMILES string of the molecule is CN(C)CC1(O)CCN(S(=O)(=O)c2ccc(NS(=O)(=O)N(C)C)cc2)CC1. The van der Waals surface area contributed by atoms with Crippen LogP contribution in [0.2, 0.25) is 0 Å². The smallest absolute Gasteiger partial charge is 0.301 e. The maximum Gasteiger partial charge on any atom is 0.301 e. The van der Waals surface area contributed by atoms with E-state index in [0.29, 0.717) is 19.4 Å². The van der Waals surface area contributed by atoms with Gasteiger partial charge in [-0.1, -0.05) is 0 Å². The summed E-state index contributed by atoms with van der Waals surface area (Å²) in [4.78, 5) is 1.98. The van der Waals surface area contributed by atoms with Gasteiger partial charge >= 0.3 is 10.2 Å². The molecule has 0 aliphatic carbocycles. The molecular formula is C16H28N4O5S2. The molecular weight excluding hydrogens is 392 g/mol. The molecule has 0 amide bonds. The molecule has 1 aromatic rings. The molecule has 1 heterocycles. The minimum atomic E-state index is -3.70. The van der Waals surface area contributed by atoms with E-state index in [4.69, 9.17) is 0 Å². The minimum Gasteiger partial charge on any atom is -0.388 e. The number of piperidine rings is 1. The molecule has 2 rings (SSSR count). The van der Waals surface area contributed by atoms with Crippen molar-refractivity contribution in [3.63, 3.8) is 0 Å². The molecule has 0 saturated carbocycles. The summed E-state index contributed by atoms with van der Waals surface area (Å²) in [5.41, 5.74) is -0.606. The molecule has 0 spiro atoms. The van der Waals surface area contributed by atoms with E-state index in [2.05, 4.69) is 4.72 Å². The Morgan fingerprint density at radius 2 is 1.56 bits per heavy atom. The summed E-state index contributed by atoms with van der Waals surface area (Å²) in [6.07, 6.45) is 0.732. The molecule has 1 aliphatic heterocycles. The quantitative estimate of drug-likeness (QED) is 0.642. The number of hydrogen-bond acceptors (Lipinski definition) is 6. The van der Waals surface area contributed by atoms with Crippen molar-refractivity contribution in [1.29, 1.82) is 0 Å². The second-order valence-corrected chi connectivity index (χ2v) is 11.1. The lowest BCUT2D eigenvalue weighted by molar-refractivity contribution is -0.0234. The first-order valence-corrected chi connectivity index (χ1v) is 11.4. The van der Waals surface area contributed by atoms with E-state index < -0.39 is 25.8 Å². The lowest BCUT2D eigenvalue weighted by Gasteiger charge is -2.38. The molecule has 27 heavy (non-hydrogen) atoms. The number of likely N-dealkylation sites (N-methyl/N-ethyl adjacent to an activating group) is 1. The zero-order chi connectivity index (χ0) is 20.5. The van der Waals surface area contributed by atoms with E-state index in [1.54, 1.807) is 0 Å². The Hall–Kier alpha value is -1.24. The molecule has 0 bridgehead atoms. The molecule has 1 saturated heterocycles. The van der Waals surface area contributed by atoms with Gasteiger partial charge < -0.3 is 10.0 Å². The van der Waals surface area contributed by atoms with Crippen molar-refractivity contribution in [1.82, 2.24) is 13.5 Å². The van der Waals surface area contributed by atoms with Gasteiger partial charge in [-0.15, -0.1) is 0 Å². The van der Waals surface area contributed by atoms with Crippen molar-refractivity contribution in [2.75, 3.05) is 52.5 Å². The number of benzene rings is 1. The van der Waals surface area contributed by atoms with Gasteiger partial charge in [-0.25, -0.2) is 8.42 Å². The van der Waals surface area contributed by atoms with Gasteiger partial charge in [-0.05, 0) is 51.2 Å². The van der Waals surface area contributed by atoms with Gasteiger partial charge in [-0.2, -0.15) is 17.0 Å². The first-order valence-electron chi connectivity index (χ1n) is 8.53. The van der Waals surface area contributed by atoms with Crippen LogP contribution in [0.4, 0.5) is 5.69 Å². The van der Waals surface area contributed by atoms with Crippen molar-refractivity contribution in [3.8, 4) is 0 Å². The molecule has 11 heteroatoms. The predicted molar refractivity (Wildman–Crippen MR) is 104 cm³/mol. The molecule has 1 aromatic carbocycles. The minimum absolute atomic E-state index is 0.0911. The fraction of sp³-hybridized carbons (Fsp3) is 0.625. The lowest BCUT2D eigenvalue weighted by atomic mass is 9.92. The highest BCUT2D eigenvalue weighted by Crippen LogP contribution is 2.27. The van der Waals surface area contributed by atoms with Crippen LogP contribution in [-0.4, -0.2) is 88.9 Å². The summed E-state index contributed by atoms with van der Waals surface area (Å²) < 4.78 is 54.0. The second-order valence-electron chi connectivity index (χ2n) is 7.28. The van der Waals surface area contributed by atoms with Crippen molar-refractivity contribution >= 4 is 25.9 Å². The first-order chi connectivity index (χ1) is 12.4. The zero-order valence-electron chi connectivity index (χ0n) is 16.1. The fourth-order valence-electron chi connectivity index (χ4n) is 2.97. The van der Waals surface area contributed by atoms with Crippen LogP contribution in [-0.2, 0) is 20.2 Å². The van der Waals surface area contributed by atoms with Crippen LogP contribution in [0, 0.1) is 0 Å². The molecule has 0 unspecified atom stereocenters.